The highest BCUT2D eigenvalue weighted by molar-refractivity contribution is 5.94. The Hall–Kier alpha value is -3.86. The molecule has 0 bridgehead atoms. The van der Waals surface area contributed by atoms with Crippen molar-refractivity contribution >= 4 is 35.0 Å². The van der Waals surface area contributed by atoms with E-state index >= 15 is 0 Å². The van der Waals surface area contributed by atoms with Gasteiger partial charge in [-0.3, -0.25) is 4.79 Å². The van der Waals surface area contributed by atoms with E-state index in [0.717, 1.165) is 55.9 Å². The standard InChI is InChI=1S/C26H32N8O3/c1-31-13-9-20(10-14-31)32(2)23(35)18-5-7-19(8-6-18)28-24-29-22-21(4-3-12-34(22)30-24)33-15-11-26(17-33)16-27-25(36)37-26/h3-8,12,20H,9-11,13-17H2,1-2H3,(H,27,36)(H,28,30). The van der Waals surface area contributed by atoms with Crippen LogP contribution in [0.25, 0.3) is 5.65 Å². The molecule has 11 heteroatoms. The number of piperidine rings is 1. The highest BCUT2D eigenvalue weighted by Gasteiger charge is 2.46. The molecular formula is C26H32N8O3. The first-order valence-electron chi connectivity index (χ1n) is 12.8. The molecule has 1 atom stereocenters. The summed E-state index contributed by atoms with van der Waals surface area (Å²) in [5, 5.41) is 10.6. The fourth-order valence-electron chi connectivity index (χ4n) is 5.55. The molecule has 2 amide bonds. The van der Waals surface area contributed by atoms with Crippen molar-refractivity contribution in [1.82, 2.24) is 29.7 Å². The minimum atomic E-state index is -0.481. The van der Waals surface area contributed by atoms with E-state index in [0.29, 0.717) is 24.6 Å². The fourth-order valence-corrected chi connectivity index (χ4v) is 5.55. The Morgan fingerprint density at radius 3 is 2.70 bits per heavy atom. The van der Waals surface area contributed by atoms with Gasteiger partial charge in [0.2, 0.25) is 5.95 Å². The number of nitrogens with zero attached hydrogens (tertiary/aromatic N) is 6. The molecule has 3 fully saturated rings. The van der Waals surface area contributed by atoms with Crippen molar-refractivity contribution in [3.05, 3.63) is 48.2 Å². The molecule has 1 aromatic carbocycles. The van der Waals surface area contributed by atoms with Crippen LogP contribution in [-0.4, -0.2) is 94.9 Å². The summed E-state index contributed by atoms with van der Waals surface area (Å²) in [5.41, 5.74) is 2.67. The Kier molecular flexibility index (Phi) is 5.86. The number of hydrogen-bond acceptors (Lipinski definition) is 8. The second-order valence-electron chi connectivity index (χ2n) is 10.3. The molecule has 2 N–H and O–H groups in total. The number of aromatic nitrogens is 3. The van der Waals surface area contributed by atoms with Gasteiger partial charge >= 0.3 is 6.09 Å². The number of nitrogens with one attached hydrogen (secondary N) is 2. The molecule has 3 aliphatic heterocycles. The van der Waals surface area contributed by atoms with E-state index in [4.69, 9.17) is 9.72 Å². The van der Waals surface area contributed by atoms with E-state index < -0.39 is 5.60 Å². The summed E-state index contributed by atoms with van der Waals surface area (Å²) in [5.74, 6) is 0.515. The minimum absolute atomic E-state index is 0.0446. The molecule has 0 saturated carbocycles. The van der Waals surface area contributed by atoms with E-state index in [1.165, 1.54) is 0 Å². The molecule has 3 saturated heterocycles. The van der Waals surface area contributed by atoms with E-state index in [-0.39, 0.29) is 18.0 Å². The molecule has 0 aliphatic carbocycles. The lowest BCUT2D eigenvalue weighted by Crippen LogP contribution is -2.44. The number of fused-ring (bicyclic) bond motifs is 1. The smallest absolute Gasteiger partial charge is 0.407 e. The number of rotatable bonds is 5. The molecule has 3 aliphatic rings. The van der Waals surface area contributed by atoms with Gasteiger partial charge in [-0.05, 0) is 69.4 Å². The normalized spacial score (nSPS) is 22.4. The molecule has 3 aromatic rings. The van der Waals surface area contributed by atoms with Crippen molar-refractivity contribution in [1.29, 1.82) is 0 Å². The Morgan fingerprint density at radius 2 is 1.97 bits per heavy atom. The molecule has 5 heterocycles. The van der Waals surface area contributed by atoms with Gasteiger partial charge in [0, 0.05) is 43.5 Å². The van der Waals surface area contributed by atoms with E-state index in [1.54, 1.807) is 4.52 Å². The predicted octanol–water partition coefficient (Wildman–Crippen LogP) is 2.33. The largest absolute Gasteiger partial charge is 0.439 e. The third-order valence-electron chi connectivity index (χ3n) is 7.81. The van der Waals surface area contributed by atoms with Crippen LogP contribution in [0.3, 0.4) is 0 Å². The van der Waals surface area contributed by atoms with Gasteiger partial charge in [-0.15, -0.1) is 5.10 Å². The third kappa shape index (κ3) is 4.55. The zero-order valence-corrected chi connectivity index (χ0v) is 21.2. The Labute approximate surface area is 215 Å². The number of ether oxygens (including phenoxy) is 1. The van der Waals surface area contributed by atoms with Crippen molar-refractivity contribution in [2.75, 3.05) is 57.0 Å². The number of amides is 2. The molecule has 2 aromatic heterocycles. The number of likely N-dealkylation sites (tertiary alicyclic amines) is 1. The van der Waals surface area contributed by atoms with Gasteiger partial charge in [-0.25, -0.2) is 9.31 Å². The minimum Gasteiger partial charge on any atom is -0.439 e. The van der Waals surface area contributed by atoms with Crippen LogP contribution in [0.15, 0.2) is 42.6 Å². The van der Waals surface area contributed by atoms with Crippen molar-refractivity contribution in [2.45, 2.75) is 30.9 Å². The van der Waals surface area contributed by atoms with Crippen LogP contribution in [0.5, 0.6) is 0 Å². The SMILES string of the molecule is CN1CCC(N(C)C(=O)c2ccc(Nc3nc4c(N5CCC6(CNC(=O)O6)C5)cccn4n3)cc2)CC1. The van der Waals surface area contributed by atoms with Gasteiger partial charge in [0.05, 0.1) is 18.8 Å². The molecule has 37 heavy (non-hydrogen) atoms. The summed E-state index contributed by atoms with van der Waals surface area (Å²) in [6.45, 7) is 3.94. The zero-order valence-electron chi connectivity index (χ0n) is 21.2. The van der Waals surface area contributed by atoms with Crippen LogP contribution < -0.4 is 15.5 Å². The summed E-state index contributed by atoms with van der Waals surface area (Å²) < 4.78 is 7.31. The Balaban J connectivity index is 1.14. The third-order valence-corrected chi connectivity index (χ3v) is 7.81. The van der Waals surface area contributed by atoms with Crippen LogP contribution in [-0.2, 0) is 4.74 Å². The van der Waals surface area contributed by atoms with Crippen LogP contribution >= 0.6 is 0 Å². The van der Waals surface area contributed by atoms with Gasteiger partial charge in [0.1, 0.15) is 0 Å². The van der Waals surface area contributed by atoms with Gasteiger partial charge in [-0.2, -0.15) is 4.98 Å². The quantitative estimate of drug-likeness (QED) is 0.545. The number of benzene rings is 1. The highest BCUT2D eigenvalue weighted by atomic mass is 16.6. The number of alkyl carbamates (subject to hydrolysis) is 1. The van der Waals surface area contributed by atoms with Gasteiger partial charge in [0.25, 0.3) is 5.91 Å². The molecule has 1 unspecified atom stereocenters. The van der Waals surface area contributed by atoms with Crippen LogP contribution in [0.2, 0.25) is 0 Å². The zero-order chi connectivity index (χ0) is 25.6. The molecular weight excluding hydrogens is 472 g/mol. The van der Waals surface area contributed by atoms with Crippen molar-refractivity contribution < 1.29 is 14.3 Å². The summed E-state index contributed by atoms with van der Waals surface area (Å²) in [6, 6.07) is 11.7. The van der Waals surface area contributed by atoms with Crippen molar-refractivity contribution in [3.8, 4) is 0 Å². The van der Waals surface area contributed by atoms with Crippen molar-refractivity contribution in [2.24, 2.45) is 0 Å². The highest BCUT2D eigenvalue weighted by Crippen LogP contribution is 2.33. The fraction of sp³-hybridized carbons (Fsp3) is 0.462. The lowest BCUT2D eigenvalue weighted by atomic mass is 10.0. The van der Waals surface area contributed by atoms with E-state index in [1.807, 2.05) is 54.5 Å². The maximum absolute atomic E-state index is 13.0. The van der Waals surface area contributed by atoms with E-state index in [2.05, 4.69) is 32.6 Å². The first-order chi connectivity index (χ1) is 17.9. The molecule has 1 spiro atoms. The number of anilines is 3. The maximum atomic E-state index is 13.0. The molecule has 194 valence electrons. The lowest BCUT2D eigenvalue weighted by Gasteiger charge is -2.35. The van der Waals surface area contributed by atoms with Crippen molar-refractivity contribution in [3.63, 3.8) is 0 Å². The van der Waals surface area contributed by atoms with Crippen LogP contribution in [0.1, 0.15) is 29.6 Å². The van der Waals surface area contributed by atoms with Crippen LogP contribution in [0, 0.1) is 0 Å². The Bertz CT molecular complexity index is 1320. The van der Waals surface area contributed by atoms with Gasteiger partial charge in [-0.1, -0.05) is 0 Å². The number of hydrogen-bond donors (Lipinski definition) is 2. The second-order valence-corrected chi connectivity index (χ2v) is 10.3. The Morgan fingerprint density at radius 1 is 1.19 bits per heavy atom. The number of carbonyl (C=O) groups excluding carboxylic acids is 2. The average Bonchev–Trinajstić information content (AvgIpc) is 3.62. The predicted molar refractivity (Wildman–Crippen MR) is 139 cm³/mol. The first-order valence-corrected chi connectivity index (χ1v) is 12.8. The second kappa shape index (κ2) is 9.22. The van der Waals surface area contributed by atoms with E-state index in [9.17, 15) is 9.59 Å². The molecule has 0 radical (unpaired) electrons. The number of pyridine rings is 1. The lowest BCUT2D eigenvalue weighted by molar-refractivity contribution is 0.0659. The molecule has 6 rings (SSSR count). The summed E-state index contributed by atoms with van der Waals surface area (Å²) >= 11 is 0. The topological polar surface area (TPSA) is 107 Å². The first kappa shape index (κ1) is 23.5. The monoisotopic (exact) mass is 504 g/mol. The molecule has 11 nitrogen and oxygen atoms in total. The maximum Gasteiger partial charge on any atom is 0.407 e. The van der Waals surface area contributed by atoms with Gasteiger partial charge in [0.15, 0.2) is 11.2 Å². The van der Waals surface area contributed by atoms with Crippen LogP contribution in [0.4, 0.5) is 22.1 Å². The summed E-state index contributed by atoms with van der Waals surface area (Å²) in [6.07, 6.45) is 4.28. The number of carbonyl (C=O) groups is 2. The van der Waals surface area contributed by atoms with Gasteiger partial charge < -0.3 is 30.1 Å². The summed E-state index contributed by atoms with van der Waals surface area (Å²) in [7, 11) is 4.02. The average molecular weight is 505 g/mol. The summed E-state index contributed by atoms with van der Waals surface area (Å²) in [4.78, 5) is 35.7.